The predicted molar refractivity (Wildman–Crippen MR) is 45.9 cm³/mol. The number of nitrogens with one attached hydrogen (secondary N) is 2. The Morgan fingerprint density at radius 3 is 2.91 bits per heavy atom. The van der Waals surface area contributed by atoms with E-state index < -0.39 is 0 Å². The van der Waals surface area contributed by atoms with Crippen LogP contribution in [0.2, 0.25) is 0 Å². The molecule has 0 fully saturated rings. The highest BCUT2D eigenvalue weighted by molar-refractivity contribution is 7.71. The van der Waals surface area contributed by atoms with Gasteiger partial charge in [0.1, 0.15) is 0 Å². The molecule has 1 aromatic heterocycles. The molecular weight excluding hydrogens is 160 g/mol. The zero-order valence-corrected chi connectivity index (χ0v) is 7.24. The Bertz CT molecular complexity index is 265. The topological polar surface area (TPSA) is 51.8 Å². The molecule has 0 saturated heterocycles. The smallest absolute Gasteiger partial charge is 0.174 e. The van der Waals surface area contributed by atoms with Crippen LogP contribution in [0, 0.1) is 10.7 Å². The Labute approximate surface area is 70.5 Å². The summed E-state index contributed by atoms with van der Waals surface area (Å²) in [6, 6.07) is 0. The Hall–Kier alpha value is -0.610. The first-order valence-corrected chi connectivity index (χ1v) is 4.00. The van der Waals surface area contributed by atoms with Gasteiger partial charge < -0.3 is 15.1 Å². The fourth-order valence-electron chi connectivity index (χ4n) is 0.921. The summed E-state index contributed by atoms with van der Waals surface area (Å²) in [5.74, 6) is 0.288. The zero-order chi connectivity index (χ0) is 8.27. The van der Waals surface area contributed by atoms with Gasteiger partial charge in [0.25, 0.3) is 0 Å². The standard InChI is InChI=1S/C7H12N2OS/c1-5(4-10)2-6-3-8-7(11)9-6/h3,5,10H,2,4H2,1H3,(H2,8,9,11). The average molecular weight is 172 g/mol. The molecule has 0 aliphatic carbocycles. The first-order valence-electron chi connectivity index (χ1n) is 3.60. The average Bonchev–Trinajstić information content (AvgIpc) is 2.35. The minimum atomic E-state index is 0.214. The van der Waals surface area contributed by atoms with Crippen LogP contribution in [-0.4, -0.2) is 21.7 Å². The largest absolute Gasteiger partial charge is 0.396 e. The lowest BCUT2D eigenvalue weighted by atomic mass is 10.1. The summed E-state index contributed by atoms with van der Waals surface area (Å²) in [4.78, 5) is 5.87. The van der Waals surface area contributed by atoms with E-state index >= 15 is 0 Å². The maximum absolute atomic E-state index is 8.75. The predicted octanol–water partition coefficient (Wildman–Crippen LogP) is 1.24. The van der Waals surface area contributed by atoms with Crippen LogP contribution in [0.5, 0.6) is 0 Å². The van der Waals surface area contributed by atoms with Gasteiger partial charge in [-0.15, -0.1) is 0 Å². The molecule has 1 aromatic rings. The summed E-state index contributed by atoms with van der Waals surface area (Å²) in [6.45, 7) is 2.20. The SMILES string of the molecule is CC(CO)Cc1c[nH]c(=S)[nH]1. The molecule has 0 aliphatic heterocycles. The number of aliphatic hydroxyl groups excluding tert-OH is 1. The third-order valence-electron chi connectivity index (χ3n) is 1.53. The van der Waals surface area contributed by atoms with Crippen LogP contribution < -0.4 is 0 Å². The first-order chi connectivity index (χ1) is 5.22. The maximum Gasteiger partial charge on any atom is 0.174 e. The minimum Gasteiger partial charge on any atom is -0.396 e. The molecule has 0 spiro atoms. The Balaban J connectivity index is 2.57. The molecule has 1 atom stereocenters. The van der Waals surface area contributed by atoms with E-state index in [1.165, 1.54) is 0 Å². The fourth-order valence-corrected chi connectivity index (χ4v) is 1.11. The Morgan fingerprint density at radius 2 is 2.45 bits per heavy atom. The molecule has 0 bridgehead atoms. The molecular formula is C7H12N2OS. The van der Waals surface area contributed by atoms with Gasteiger partial charge >= 0.3 is 0 Å². The molecule has 1 unspecified atom stereocenters. The molecule has 0 radical (unpaired) electrons. The van der Waals surface area contributed by atoms with Gasteiger partial charge in [-0.2, -0.15) is 0 Å². The molecule has 62 valence electrons. The monoisotopic (exact) mass is 172 g/mol. The van der Waals surface area contributed by atoms with Crippen LogP contribution in [0.1, 0.15) is 12.6 Å². The number of H-pyrrole nitrogens is 2. The van der Waals surface area contributed by atoms with Gasteiger partial charge in [-0.1, -0.05) is 6.92 Å². The van der Waals surface area contributed by atoms with Crippen molar-refractivity contribution in [2.24, 2.45) is 5.92 Å². The first kappa shape index (κ1) is 8.49. The van der Waals surface area contributed by atoms with Crippen LogP contribution in [-0.2, 0) is 6.42 Å². The Kier molecular flexibility index (Phi) is 2.84. The number of hydrogen-bond donors (Lipinski definition) is 3. The molecule has 3 nitrogen and oxygen atoms in total. The van der Waals surface area contributed by atoms with Crippen molar-refractivity contribution < 1.29 is 5.11 Å². The number of hydrogen-bond acceptors (Lipinski definition) is 2. The van der Waals surface area contributed by atoms with E-state index in [-0.39, 0.29) is 12.5 Å². The number of aromatic amines is 2. The number of imidazole rings is 1. The van der Waals surface area contributed by atoms with Crippen LogP contribution in [0.15, 0.2) is 6.20 Å². The van der Waals surface area contributed by atoms with Crippen molar-refractivity contribution in [1.82, 2.24) is 9.97 Å². The highest BCUT2D eigenvalue weighted by Crippen LogP contribution is 2.03. The molecule has 0 saturated carbocycles. The van der Waals surface area contributed by atoms with Crippen molar-refractivity contribution in [3.05, 3.63) is 16.7 Å². The minimum absolute atomic E-state index is 0.214. The van der Waals surface area contributed by atoms with Gasteiger partial charge in [0.15, 0.2) is 4.77 Å². The molecule has 4 heteroatoms. The van der Waals surface area contributed by atoms with Crippen molar-refractivity contribution in [3.63, 3.8) is 0 Å². The molecule has 1 rings (SSSR count). The van der Waals surface area contributed by atoms with Gasteiger partial charge in [0.05, 0.1) is 0 Å². The number of aromatic nitrogens is 2. The highest BCUT2D eigenvalue weighted by atomic mass is 32.1. The number of aliphatic hydroxyl groups is 1. The van der Waals surface area contributed by atoms with Crippen molar-refractivity contribution in [2.75, 3.05) is 6.61 Å². The molecule has 0 aliphatic rings. The summed E-state index contributed by atoms with van der Waals surface area (Å²) >= 11 is 4.85. The van der Waals surface area contributed by atoms with E-state index in [2.05, 4.69) is 9.97 Å². The van der Waals surface area contributed by atoms with E-state index in [1.54, 1.807) is 0 Å². The summed E-state index contributed by atoms with van der Waals surface area (Å²) in [5, 5.41) is 8.75. The lowest BCUT2D eigenvalue weighted by Gasteiger charge is -2.03. The van der Waals surface area contributed by atoms with E-state index in [4.69, 9.17) is 17.3 Å². The van der Waals surface area contributed by atoms with Crippen LogP contribution in [0.3, 0.4) is 0 Å². The maximum atomic E-state index is 8.75. The second-order valence-corrected chi connectivity index (χ2v) is 3.17. The molecule has 1 heterocycles. The normalized spacial score (nSPS) is 13.3. The third-order valence-corrected chi connectivity index (χ3v) is 1.75. The van der Waals surface area contributed by atoms with Crippen molar-refractivity contribution in [3.8, 4) is 0 Å². The molecule has 0 amide bonds. The number of rotatable bonds is 3. The van der Waals surface area contributed by atoms with Gasteiger partial charge in [0.2, 0.25) is 0 Å². The second kappa shape index (κ2) is 3.69. The van der Waals surface area contributed by atoms with Crippen LogP contribution >= 0.6 is 12.2 Å². The zero-order valence-electron chi connectivity index (χ0n) is 6.42. The van der Waals surface area contributed by atoms with Gasteiger partial charge in [-0.25, -0.2) is 0 Å². The van der Waals surface area contributed by atoms with E-state index in [1.807, 2.05) is 13.1 Å². The van der Waals surface area contributed by atoms with Gasteiger partial charge in [-0.05, 0) is 24.6 Å². The van der Waals surface area contributed by atoms with Crippen molar-refractivity contribution >= 4 is 12.2 Å². The second-order valence-electron chi connectivity index (χ2n) is 2.76. The van der Waals surface area contributed by atoms with Crippen LogP contribution in [0.4, 0.5) is 0 Å². The quantitative estimate of drug-likeness (QED) is 0.601. The summed E-state index contributed by atoms with van der Waals surface area (Å²) in [6.07, 6.45) is 2.68. The summed E-state index contributed by atoms with van der Waals surface area (Å²) in [7, 11) is 0. The van der Waals surface area contributed by atoms with E-state index in [9.17, 15) is 0 Å². The fraction of sp³-hybridized carbons (Fsp3) is 0.571. The lowest BCUT2D eigenvalue weighted by Crippen LogP contribution is -2.04. The van der Waals surface area contributed by atoms with Crippen LogP contribution in [0.25, 0.3) is 0 Å². The summed E-state index contributed by atoms with van der Waals surface area (Å²) < 4.78 is 0.644. The van der Waals surface area contributed by atoms with Gasteiger partial charge in [-0.3, -0.25) is 0 Å². The molecule has 0 aromatic carbocycles. The molecule has 3 N–H and O–H groups in total. The summed E-state index contributed by atoms with van der Waals surface area (Å²) in [5.41, 5.74) is 1.05. The highest BCUT2D eigenvalue weighted by Gasteiger charge is 2.01. The van der Waals surface area contributed by atoms with Crippen molar-refractivity contribution in [2.45, 2.75) is 13.3 Å². The van der Waals surface area contributed by atoms with E-state index in [0.29, 0.717) is 4.77 Å². The van der Waals surface area contributed by atoms with E-state index in [0.717, 1.165) is 12.1 Å². The Morgan fingerprint density at radius 1 is 1.73 bits per heavy atom. The third kappa shape index (κ3) is 2.48. The van der Waals surface area contributed by atoms with Gasteiger partial charge in [0, 0.05) is 18.5 Å². The molecule has 11 heavy (non-hydrogen) atoms. The lowest BCUT2D eigenvalue weighted by molar-refractivity contribution is 0.236. The van der Waals surface area contributed by atoms with Crippen molar-refractivity contribution in [1.29, 1.82) is 0 Å².